The van der Waals surface area contributed by atoms with E-state index in [-0.39, 0.29) is 11.4 Å². The number of ether oxygens (including phenoxy) is 1. The van der Waals surface area contributed by atoms with Gasteiger partial charge in [-0.3, -0.25) is 9.69 Å². The van der Waals surface area contributed by atoms with E-state index in [1.165, 1.54) is 6.42 Å². The summed E-state index contributed by atoms with van der Waals surface area (Å²) in [6.07, 6.45) is 4.50. The summed E-state index contributed by atoms with van der Waals surface area (Å²) in [5, 5.41) is 0. The molecule has 4 heteroatoms. The van der Waals surface area contributed by atoms with Gasteiger partial charge < -0.3 is 9.64 Å². The number of piperidine rings is 2. The van der Waals surface area contributed by atoms with Gasteiger partial charge >= 0.3 is 0 Å². The number of carbonyl (C=O) groups is 1. The van der Waals surface area contributed by atoms with Crippen LogP contribution in [0.3, 0.4) is 0 Å². The van der Waals surface area contributed by atoms with Crippen molar-refractivity contribution in [3.8, 4) is 5.75 Å². The van der Waals surface area contributed by atoms with Gasteiger partial charge in [0, 0.05) is 12.1 Å². The van der Waals surface area contributed by atoms with Crippen LogP contribution < -0.4 is 4.74 Å². The zero-order valence-electron chi connectivity index (χ0n) is 13.8. The molecule has 0 aromatic heterocycles. The number of hydrogen-bond donors (Lipinski definition) is 0. The van der Waals surface area contributed by atoms with Crippen molar-refractivity contribution < 1.29 is 9.53 Å². The lowest BCUT2D eigenvalue weighted by molar-refractivity contribution is -0.0348. The Hall–Kier alpha value is -1.55. The van der Waals surface area contributed by atoms with E-state index in [1.54, 1.807) is 7.11 Å². The van der Waals surface area contributed by atoms with Gasteiger partial charge in [0.05, 0.1) is 18.7 Å². The van der Waals surface area contributed by atoms with Gasteiger partial charge in [-0.2, -0.15) is 0 Å². The van der Waals surface area contributed by atoms with Crippen molar-refractivity contribution in [1.82, 2.24) is 9.80 Å². The average molecular weight is 302 g/mol. The number of methoxy groups -OCH3 is 1. The maximum Gasteiger partial charge on any atom is 0.257 e. The normalized spacial score (nSPS) is 29.0. The highest BCUT2D eigenvalue weighted by Gasteiger charge is 2.47. The molecule has 2 aliphatic rings. The van der Waals surface area contributed by atoms with Gasteiger partial charge in [0.15, 0.2) is 0 Å². The summed E-state index contributed by atoms with van der Waals surface area (Å²) in [5.74, 6) is 0.785. The summed E-state index contributed by atoms with van der Waals surface area (Å²) >= 11 is 0. The number of para-hydroxylation sites is 1. The Bertz CT molecular complexity index is 560. The number of nitrogens with zero attached hydrogens (tertiary/aromatic N) is 2. The molecule has 22 heavy (non-hydrogen) atoms. The molecule has 1 amide bonds. The lowest BCUT2D eigenvalue weighted by Gasteiger charge is -2.55. The Morgan fingerprint density at radius 2 is 2.05 bits per heavy atom. The fraction of sp³-hybridized carbons (Fsp3) is 0.611. The summed E-state index contributed by atoms with van der Waals surface area (Å²) in [4.78, 5) is 17.7. The first-order valence-electron chi connectivity index (χ1n) is 8.23. The van der Waals surface area contributed by atoms with Crippen LogP contribution in [-0.4, -0.2) is 54.5 Å². The van der Waals surface area contributed by atoms with Crippen LogP contribution in [0, 0.1) is 0 Å². The Morgan fingerprint density at radius 3 is 2.82 bits per heavy atom. The molecule has 2 saturated heterocycles. The lowest BCUT2D eigenvalue weighted by atomic mass is 9.76. The largest absolute Gasteiger partial charge is 0.496 e. The Kier molecular flexibility index (Phi) is 4.13. The number of hydrogen-bond acceptors (Lipinski definition) is 3. The average Bonchev–Trinajstić information content (AvgIpc) is 2.54. The minimum absolute atomic E-state index is 0.105. The van der Waals surface area contributed by atoms with Crippen molar-refractivity contribution in [3.05, 3.63) is 29.8 Å². The summed E-state index contributed by atoms with van der Waals surface area (Å²) in [7, 11) is 3.82. The van der Waals surface area contributed by atoms with Gasteiger partial charge in [0.2, 0.25) is 0 Å². The molecule has 2 atom stereocenters. The number of amides is 1. The van der Waals surface area contributed by atoms with Crippen molar-refractivity contribution in [2.24, 2.45) is 0 Å². The summed E-state index contributed by atoms with van der Waals surface area (Å²) < 4.78 is 5.38. The van der Waals surface area contributed by atoms with Crippen LogP contribution in [0.1, 0.15) is 43.0 Å². The molecule has 0 spiro atoms. The van der Waals surface area contributed by atoms with Crippen molar-refractivity contribution in [2.75, 3.05) is 27.2 Å². The van der Waals surface area contributed by atoms with Crippen molar-refractivity contribution in [1.29, 1.82) is 0 Å². The second kappa shape index (κ2) is 5.92. The van der Waals surface area contributed by atoms with Crippen LogP contribution in [0.15, 0.2) is 24.3 Å². The number of fused-ring (bicyclic) bond motifs is 1. The van der Waals surface area contributed by atoms with Gasteiger partial charge in [0.1, 0.15) is 5.75 Å². The smallest absolute Gasteiger partial charge is 0.257 e. The SMILES string of the molecule is COc1ccccc1C(=O)N1CCC[C@@]2(C)[C@@H]1CCCN2C. The van der Waals surface area contributed by atoms with Gasteiger partial charge in [-0.1, -0.05) is 12.1 Å². The molecule has 4 nitrogen and oxygen atoms in total. The molecule has 2 heterocycles. The van der Waals surface area contributed by atoms with Crippen LogP contribution in [0.2, 0.25) is 0 Å². The van der Waals surface area contributed by atoms with E-state index >= 15 is 0 Å². The minimum atomic E-state index is 0.105. The fourth-order valence-electron chi connectivity index (χ4n) is 4.17. The first-order chi connectivity index (χ1) is 10.6. The Morgan fingerprint density at radius 1 is 1.27 bits per heavy atom. The molecule has 0 N–H and O–H groups in total. The number of likely N-dealkylation sites (tertiary alicyclic amines) is 2. The summed E-state index contributed by atoms with van der Waals surface area (Å²) in [5.41, 5.74) is 0.788. The zero-order chi connectivity index (χ0) is 15.7. The standard InChI is InChI=1S/C18H26N2O2/c1-18-11-7-13-20(16(18)10-6-12-19(18)2)17(21)14-8-4-5-9-15(14)22-3/h4-5,8-9,16H,6-7,10-13H2,1-3H3/t16-,18-/m0/s1. The van der Waals surface area contributed by atoms with Crippen LogP contribution in [0.4, 0.5) is 0 Å². The number of benzene rings is 1. The summed E-state index contributed by atoms with van der Waals surface area (Å²) in [6.45, 7) is 4.30. The quantitative estimate of drug-likeness (QED) is 0.842. The van der Waals surface area contributed by atoms with Crippen LogP contribution >= 0.6 is 0 Å². The Balaban J connectivity index is 1.92. The highest BCUT2D eigenvalue weighted by Crippen LogP contribution is 2.39. The number of rotatable bonds is 2. The van der Waals surface area contributed by atoms with E-state index in [4.69, 9.17) is 4.74 Å². The fourth-order valence-corrected chi connectivity index (χ4v) is 4.17. The topological polar surface area (TPSA) is 32.8 Å². The molecular formula is C18H26N2O2. The number of carbonyl (C=O) groups excluding carboxylic acids is 1. The van der Waals surface area contributed by atoms with Gasteiger partial charge in [-0.25, -0.2) is 0 Å². The highest BCUT2D eigenvalue weighted by atomic mass is 16.5. The van der Waals surface area contributed by atoms with E-state index in [1.807, 2.05) is 24.3 Å². The van der Waals surface area contributed by atoms with Crippen molar-refractivity contribution in [2.45, 2.75) is 44.2 Å². The molecule has 1 aromatic rings. The van der Waals surface area contributed by atoms with Crippen LogP contribution in [0.5, 0.6) is 5.75 Å². The molecule has 120 valence electrons. The second-order valence-electron chi connectivity index (χ2n) is 6.74. The molecule has 2 fully saturated rings. The first kappa shape index (κ1) is 15.3. The third-order valence-electron chi connectivity index (χ3n) is 5.62. The maximum absolute atomic E-state index is 13.1. The number of likely N-dealkylation sites (N-methyl/N-ethyl adjacent to an activating group) is 1. The van der Waals surface area contributed by atoms with E-state index in [9.17, 15) is 4.79 Å². The molecule has 2 aliphatic heterocycles. The predicted octanol–water partition coefficient (Wildman–Crippen LogP) is 2.78. The third-order valence-corrected chi connectivity index (χ3v) is 5.62. The van der Waals surface area contributed by atoms with E-state index in [0.29, 0.717) is 17.4 Å². The van der Waals surface area contributed by atoms with Crippen LogP contribution in [0.25, 0.3) is 0 Å². The van der Waals surface area contributed by atoms with Crippen LogP contribution in [-0.2, 0) is 0 Å². The molecule has 3 rings (SSSR count). The maximum atomic E-state index is 13.1. The minimum Gasteiger partial charge on any atom is -0.496 e. The molecule has 0 unspecified atom stereocenters. The molecule has 0 saturated carbocycles. The second-order valence-corrected chi connectivity index (χ2v) is 6.74. The molecule has 0 bridgehead atoms. The molecule has 0 aliphatic carbocycles. The molecule has 0 radical (unpaired) electrons. The van der Waals surface area contributed by atoms with E-state index < -0.39 is 0 Å². The van der Waals surface area contributed by atoms with Crippen molar-refractivity contribution in [3.63, 3.8) is 0 Å². The predicted molar refractivity (Wildman–Crippen MR) is 87.3 cm³/mol. The molecular weight excluding hydrogens is 276 g/mol. The monoisotopic (exact) mass is 302 g/mol. The van der Waals surface area contributed by atoms with E-state index in [2.05, 4.69) is 23.8 Å². The zero-order valence-corrected chi connectivity index (χ0v) is 13.8. The molecule has 1 aromatic carbocycles. The van der Waals surface area contributed by atoms with Gasteiger partial charge in [-0.05, 0) is 58.3 Å². The van der Waals surface area contributed by atoms with Gasteiger partial charge in [0.25, 0.3) is 5.91 Å². The summed E-state index contributed by atoms with van der Waals surface area (Å²) in [6, 6.07) is 7.86. The lowest BCUT2D eigenvalue weighted by Crippen LogP contribution is -2.66. The van der Waals surface area contributed by atoms with Crippen molar-refractivity contribution >= 4 is 5.91 Å². The first-order valence-corrected chi connectivity index (χ1v) is 8.23. The highest BCUT2D eigenvalue weighted by molar-refractivity contribution is 5.97. The third kappa shape index (κ3) is 2.39. The Labute approximate surface area is 133 Å². The van der Waals surface area contributed by atoms with Gasteiger partial charge in [-0.15, -0.1) is 0 Å². The van der Waals surface area contributed by atoms with E-state index in [0.717, 1.165) is 32.4 Å².